The largest absolute Gasteiger partial charge is 0.463 e. The van der Waals surface area contributed by atoms with Gasteiger partial charge in [0, 0.05) is 18.1 Å². The van der Waals surface area contributed by atoms with E-state index < -0.39 is 0 Å². The third kappa shape index (κ3) is 3.35. The summed E-state index contributed by atoms with van der Waals surface area (Å²) in [5.74, 6) is 1.44. The highest BCUT2D eigenvalue weighted by Gasteiger charge is 2.13. The second-order valence-electron chi connectivity index (χ2n) is 5.33. The Bertz CT molecular complexity index is 645. The molecule has 0 spiro atoms. The maximum atomic E-state index is 5.51. The van der Waals surface area contributed by atoms with Gasteiger partial charge in [-0.2, -0.15) is 5.10 Å². The van der Waals surface area contributed by atoms with Gasteiger partial charge >= 0.3 is 0 Å². The van der Waals surface area contributed by atoms with Gasteiger partial charge in [-0.1, -0.05) is 19.3 Å². The summed E-state index contributed by atoms with van der Waals surface area (Å²) in [7, 11) is 0. The van der Waals surface area contributed by atoms with E-state index >= 15 is 0 Å². The molecule has 112 valence electrons. The molecule has 2 aromatic heterocycles. The van der Waals surface area contributed by atoms with E-state index in [0.717, 1.165) is 22.8 Å². The molecule has 0 unspecified atom stereocenters. The highest BCUT2D eigenvalue weighted by Crippen LogP contribution is 2.23. The molecule has 0 N–H and O–H groups in total. The number of nitrogens with zero attached hydrogens (tertiary/aromatic N) is 3. The molecule has 0 saturated heterocycles. The van der Waals surface area contributed by atoms with Crippen LogP contribution in [0.3, 0.4) is 0 Å². The summed E-state index contributed by atoms with van der Waals surface area (Å²) in [6.07, 6.45) is 10.3. The number of rotatable bonds is 4. The van der Waals surface area contributed by atoms with Crippen molar-refractivity contribution in [3.05, 3.63) is 28.6 Å². The van der Waals surface area contributed by atoms with Gasteiger partial charge in [0.05, 0.1) is 6.26 Å². The Labute approximate surface area is 128 Å². The Kier molecular flexibility index (Phi) is 4.70. The molecule has 0 radical (unpaired) electrons. The van der Waals surface area contributed by atoms with Crippen LogP contribution in [0.2, 0.25) is 0 Å². The molecule has 5 heteroatoms. The minimum absolute atomic E-state index is 0.602. The van der Waals surface area contributed by atoms with Crippen molar-refractivity contribution in [2.45, 2.75) is 39.0 Å². The topological polar surface area (TPSA) is 42.8 Å². The van der Waals surface area contributed by atoms with E-state index in [0.29, 0.717) is 5.92 Å². The van der Waals surface area contributed by atoms with Gasteiger partial charge in [-0.05, 0) is 37.8 Å². The molecular formula is C16H21N3OS. The molecule has 1 aliphatic carbocycles. The van der Waals surface area contributed by atoms with Gasteiger partial charge in [0.2, 0.25) is 4.80 Å². The summed E-state index contributed by atoms with van der Waals surface area (Å²) in [6.45, 7) is 2.80. The molecule has 0 bridgehead atoms. The first-order valence-corrected chi connectivity index (χ1v) is 8.56. The lowest BCUT2D eigenvalue weighted by molar-refractivity contribution is 0.443. The lowest BCUT2D eigenvalue weighted by Crippen LogP contribution is -2.14. The van der Waals surface area contributed by atoms with Crippen molar-refractivity contribution in [1.82, 2.24) is 4.68 Å². The third-order valence-corrected chi connectivity index (χ3v) is 4.65. The van der Waals surface area contributed by atoms with Crippen LogP contribution in [0.15, 0.2) is 38.3 Å². The van der Waals surface area contributed by atoms with Gasteiger partial charge in [-0.15, -0.1) is 11.3 Å². The van der Waals surface area contributed by atoms with Crippen LogP contribution in [0.4, 0.5) is 0 Å². The molecule has 0 atom stereocenters. The van der Waals surface area contributed by atoms with Crippen molar-refractivity contribution in [2.24, 2.45) is 16.0 Å². The molecule has 0 aromatic carbocycles. The Morgan fingerprint density at radius 1 is 1.38 bits per heavy atom. The number of furan rings is 1. The molecule has 1 aliphatic rings. The lowest BCUT2D eigenvalue weighted by Gasteiger charge is -2.16. The predicted molar refractivity (Wildman–Crippen MR) is 86.6 cm³/mol. The highest BCUT2D eigenvalue weighted by molar-refractivity contribution is 7.07. The van der Waals surface area contributed by atoms with Crippen LogP contribution < -0.4 is 4.80 Å². The summed E-state index contributed by atoms with van der Waals surface area (Å²) in [6, 6.07) is 3.86. The van der Waals surface area contributed by atoms with Gasteiger partial charge in [0.25, 0.3) is 0 Å². The minimum atomic E-state index is 0.602. The summed E-state index contributed by atoms with van der Waals surface area (Å²) >= 11 is 1.61. The number of thiazole rings is 1. The van der Waals surface area contributed by atoms with Gasteiger partial charge in [0.15, 0.2) is 5.76 Å². The third-order valence-electron chi connectivity index (χ3n) is 3.80. The molecule has 4 nitrogen and oxygen atoms in total. The summed E-state index contributed by atoms with van der Waals surface area (Å²) in [4.78, 5) is 5.45. The van der Waals surface area contributed by atoms with E-state index in [9.17, 15) is 0 Å². The van der Waals surface area contributed by atoms with E-state index in [4.69, 9.17) is 9.52 Å². The van der Waals surface area contributed by atoms with Crippen molar-refractivity contribution < 1.29 is 4.42 Å². The first-order valence-electron chi connectivity index (χ1n) is 7.68. The lowest BCUT2D eigenvalue weighted by atomic mass is 9.90. The molecular weight excluding hydrogens is 282 g/mol. The summed E-state index contributed by atoms with van der Waals surface area (Å²) in [5.41, 5.74) is 0.976. The average molecular weight is 303 g/mol. The molecule has 2 aromatic rings. The van der Waals surface area contributed by atoms with Crippen LogP contribution in [-0.4, -0.2) is 17.4 Å². The fourth-order valence-corrected chi connectivity index (χ4v) is 3.58. The second-order valence-corrected chi connectivity index (χ2v) is 6.17. The van der Waals surface area contributed by atoms with E-state index in [1.807, 2.05) is 23.7 Å². The quantitative estimate of drug-likeness (QED) is 0.783. The molecule has 21 heavy (non-hydrogen) atoms. The van der Waals surface area contributed by atoms with Crippen LogP contribution in [0, 0.1) is 5.92 Å². The normalized spacial score (nSPS) is 17.9. The van der Waals surface area contributed by atoms with Crippen molar-refractivity contribution in [1.29, 1.82) is 0 Å². The zero-order valence-corrected chi connectivity index (χ0v) is 13.2. The second kappa shape index (κ2) is 6.89. The molecule has 0 aliphatic heterocycles. The zero-order valence-electron chi connectivity index (χ0n) is 12.4. The van der Waals surface area contributed by atoms with Crippen molar-refractivity contribution >= 4 is 17.6 Å². The van der Waals surface area contributed by atoms with Crippen LogP contribution in [0.5, 0.6) is 0 Å². The standard InChI is InChI=1S/C16H21N3OS/c1-2-17-16-19(18-11-13-7-4-3-5-8-13)14(12-21-16)15-9-6-10-20-15/h6,9-13H,2-5,7-8H2,1H3. The maximum absolute atomic E-state index is 5.51. The van der Waals surface area contributed by atoms with Gasteiger partial charge in [0.1, 0.15) is 5.69 Å². The van der Waals surface area contributed by atoms with Crippen LogP contribution in [0.1, 0.15) is 39.0 Å². The van der Waals surface area contributed by atoms with Crippen LogP contribution >= 0.6 is 11.3 Å². The Hall–Kier alpha value is -1.62. The molecule has 0 amide bonds. The molecule has 1 fully saturated rings. The van der Waals surface area contributed by atoms with E-state index in [1.165, 1.54) is 32.1 Å². The Morgan fingerprint density at radius 2 is 2.24 bits per heavy atom. The highest BCUT2D eigenvalue weighted by atomic mass is 32.1. The SMILES string of the molecule is CCN=c1scc(-c2ccco2)n1N=CC1CCCCC1. The van der Waals surface area contributed by atoms with Crippen LogP contribution in [-0.2, 0) is 0 Å². The van der Waals surface area contributed by atoms with Crippen molar-refractivity contribution in [2.75, 3.05) is 6.54 Å². The monoisotopic (exact) mass is 303 g/mol. The fourth-order valence-electron chi connectivity index (χ4n) is 2.69. The predicted octanol–water partition coefficient (Wildman–Crippen LogP) is 4.14. The van der Waals surface area contributed by atoms with Crippen molar-refractivity contribution in [3.8, 4) is 11.5 Å². The maximum Gasteiger partial charge on any atom is 0.206 e. The van der Waals surface area contributed by atoms with E-state index in [1.54, 1.807) is 17.6 Å². The number of aromatic nitrogens is 1. The molecule has 2 heterocycles. The van der Waals surface area contributed by atoms with Gasteiger partial charge < -0.3 is 4.42 Å². The Morgan fingerprint density at radius 3 is 2.95 bits per heavy atom. The number of hydrogen-bond donors (Lipinski definition) is 0. The van der Waals surface area contributed by atoms with E-state index in [2.05, 4.69) is 16.6 Å². The summed E-state index contributed by atoms with van der Waals surface area (Å²) in [5, 5.41) is 6.77. The zero-order chi connectivity index (χ0) is 14.5. The van der Waals surface area contributed by atoms with Crippen LogP contribution in [0.25, 0.3) is 11.5 Å². The minimum Gasteiger partial charge on any atom is -0.463 e. The van der Waals surface area contributed by atoms with E-state index in [-0.39, 0.29) is 0 Å². The average Bonchev–Trinajstić information content (AvgIpc) is 3.16. The number of hydrogen-bond acceptors (Lipinski definition) is 4. The molecule has 3 rings (SSSR count). The van der Waals surface area contributed by atoms with Gasteiger partial charge in [-0.3, -0.25) is 4.99 Å². The van der Waals surface area contributed by atoms with Gasteiger partial charge in [-0.25, -0.2) is 4.68 Å². The van der Waals surface area contributed by atoms with Crippen molar-refractivity contribution in [3.63, 3.8) is 0 Å². The fraction of sp³-hybridized carbons (Fsp3) is 0.500. The Balaban J connectivity index is 1.93. The molecule has 1 saturated carbocycles. The first kappa shape index (κ1) is 14.3. The summed E-state index contributed by atoms with van der Waals surface area (Å²) < 4.78 is 7.43. The smallest absolute Gasteiger partial charge is 0.206 e. The first-order chi connectivity index (χ1) is 10.4.